The Labute approximate surface area is 139 Å². The predicted octanol–water partition coefficient (Wildman–Crippen LogP) is 0.474. The molecule has 0 aliphatic carbocycles. The minimum Gasteiger partial charge on any atom is -0.486 e. The second-order valence-electron chi connectivity index (χ2n) is 5.77. The number of nitrogens with zero attached hydrogens (tertiary/aromatic N) is 1. The fourth-order valence-corrected chi connectivity index (χ4v) is 2.81. The van der Waals surface area contributed by atoms with E-state index in [1.165, 1.54) is 6.08 Å². The number of carbonyl (C=O) groups is 2. The number of rotatable bonds is 5. The molecule has 2 aliphatic rings. The van der Waals surface area contributed by atoms with Gasteiger partial charge in [0.1, 0.15) is 13.2 Å². The Kier molecular flexibility index (Phi) is 4.71. The Balaban J connectivity index is 1.71. The average Bonchev–Trinajstić information content (AvgIpc) is 3.01. The van der Waals surface area contributed by atoms with Gasteiger partial charge in [-0.25, -0.2) is 0 Å². The first-order valence-electron chi connectivity index (χ1n) is 7.86. The van der Waals surface area contributed by atoms with Crippen molar-refractivity contribution in [1.29, 1.82) is 0 Å². The molecule has 0 unspecified atom stereocenters. The van der Waals surface area contributed by atoms with Crippen LogP contribution in [0.1, 0.15) is 6.42 Å². The van der Waals surface area contributed by atoms with E-state index in [4.69, 9.17) is 14.6 Å². The highest BCUT2D eigenvalue weighted by Gasteiger charge is 2.36. The molecule has 1 aromatic rings. The summed E-state index contributed by atoms with van der Waals surface area (Å²) in [5.74, 6) is 0.419. The first-order chi connectivity index (χ1) is 11.6. The van der Waals surface area contributed by atoms with Crippen LogP contribution in [0.2, 0.25) is 0 Å². The molecule has 0 aromatic heterocycles. The number of anilines is 1. The molecule has 3 rings (SSSR count). The molecule has 1 saturated heterocycles. The Morgan fingerprint density at radius 3 is 2.88 bits per heavy atom. The van der Waals surface area contributed by atoms with Crippen LogP contribution in [0.4, 0.5) is 5.69 Å². The van der Waals surface area contributed by atoms with Crippen molar-refractivity contribution in [3.8, 4) is 11.5 Å². The van der Waals surface area contributed by atoms with Gasteiger partial charge in [-0.2, -0.15) is 0 Å². The summed E-state index contributed by atoms with van der Waals surface area (Å²) in [5.41, 5.74) is 0.682. The van der Waals surface area contributed by atoms with E-state index in [1.807, 2.05) is 0 Å². The first kappa shape index (κ1) is 16.3. The fraction of sp³-hybridized carbons (Fsp3) is 0.412. The fourth-order valence-electron chi connectivity index (χ4n) is 2.81. The SMILES string of the molecule is C=C[C@H](CO)NC(=O)[C@@H]1CC(=O)N(c2ccc3c(c2)OCCO3)C1. The topological polar surface area (TPSA) is 88.1 Å². The lowest BCUT2D eigenvalue weighted by Gasteiger charge is -2.22. The quantitative estimate of drug-likeness (QED) is 0.766. The van der Waals surface area contributed by atoms with Gasteiger partial charge < -0.3 is 24.8 Å². The molecular weight excluding hydrogens is 312 g/mol. The number of hydrogen-bond acceptors (Lipinski definition) is 5. The van der Waals surface area contributed by atoms with Crippen LogP contribution in [0, 0.1) is 5.92 Å². The number of aliphatic hydroxyl groups is 1. The molecule has 1 aromatic carbocycles. The summed E-state index contributed by atoms with van der Waals surface area (Å²) in [6.07, 6.45) is 1.60. The number of carbonyl (C=O) groups excluding carboxylic acids is 2. The molecule has 2 aliphatic heterocycles. The van der Waals surface area contributed by atoms with Crippen molar-refractivity contribution in [2.75, 3.05) is 31.3 Å². The lowest BCUT2D eigenvalue weighted by molar-refractivity contribution is -0.126. The van der Waals surface area contributed by atoms with Crippen molar-refractivity contribution in [1.82, 2.24) is 5.32 Å². The van der Waals surface area contributed by atoms with Gasteiger partial charge in [-0.05, 0) is 12.1 Å². The molecule has 2 atom stereocenters. The third-order valence-electron chi connectivity index (χ3n) is 4.14. The van der Waals surface area contributed by atoms with Crippen molar-refractivity contribution < 1.29 is 24.2 Å². The number of fused-ring (bicyclic) bond motifs is 1. The summed E-state index contributed by atoms with van der Waals surface area (Å²) >= 11 is 0. The third kappa shape index (κ3) is 3.21. The van der Waals surface area contributed by atoms with Gasteiger partial charge >= 0.3 is 0 Å². The van der Waals surface area contributed by atoms with Gasteiger partial charge in [0.25, 0.3) is 0 Å². The van der Waals surface area contributed by atoms with E-state index >= 15 is 0 Å². The Morgan fingerprint density at radius 2 is 2.17 bits per heavy atom. The molecule has 7 nitrogen and oxygen atoms in total. The van der Waals surface area contributed by atoms with E-state index in [1.54, 1.807) is 23.1 Å². The molecule has 7 heteroatoms. The highest BCUT2D eigenvalue weighted by molar-refractivity contribution is 6.00. The second-order valence-corrected chi connectivity index (χ2v) is 5.77. The van der Waals surface area contributed by atoms with Crippen molar-refractivity contribution in [2.45, 2.75) is 12.5 Å². The van der Waals surface area contributed by atoms with Crippen LogP contribution >= 0.6 is 0 Å². The van der Waals surface area contributed by atoms with Crippen molar-refractivity contribution in [2.24, 2.45) is 5.92 Å². The van der Waals surface area contributed by atoms with Gasteiger partial charge in [-0.3, -0.25) is 9.59 Å². The van der Waals surface area contributed by atoms with E-state index in [9.17, 15) is 9.59 Å². The number of hydrogen-bond donors (Lipinski definition) is 2. The van der Waals surface area contributed by atoms with Crippen molar-refractivity contribution >= 4 is 17.5 Å². The predicted molar refractivity (Wildman–Crippen MR) is 87.1 cm³/mol. The van der Waals surface area contributed by atoms with Gasteiger partial charge in [0.05, 0.1) is 18.6 Å². The molecule has 2 amide bonds. The molecule has 1 fully saturated rings. The number of benzene rings is 1. The normalized spacial score (nSPS) is 20.6. The number of nitrogens with one attached hydrogen (secondary N) is 1. The van der Waals surface area contributed by atoms with Gasteiger partial charge in [-0.15, -0.1) is 6.58 Å². The van der Waals surface area contributed by atoms with Crippen molar-refractivity contribution in [3.05, 3.63) is 30.9 Å². The smallest absolute Gasteiger partial charge is 0.227 e. The number of aliphatic hydroxyl groups excluding tert-OH is 1. The van der Waals surface area contributed by atoms with Crippen LogP contribution in [-0.4, -0.2) is 49.3 Å². The molecule has 0 radical (unpaired) electrons. The maximum atomic E-state index is 12.3. The second kappa shape index (κ2) is 6.92. The van der Waals surface area contributed by atoms with Crippen LogP contribution < -0.4 is 19.7 Å². The van der Waals surface area contributed by atoms with Gasteiger partial charge in [0, 0.05) is 24.7 Å². The minimum atomic E-state index is -0.504. The summed E-state index contributed by atoms with van der Waals surface area (Å²) < 4.78 is 11.0. The zero-order valence-corrected chi connectivity index (χ0v) is 13.2. The zero-order valence-electron chi connectivity index (χ0n) is 13.2. The molecule has 0 bridgehead atoms. The Morgan fingerprint density at radius 1 is 1.42 bits per heavy atom. The first-order valence-corrected chi connectivity index (χ1v) is 7.86. The standard InChI is InChI=1S/C17H20N2O5/c1-2-12(10-20)18-17(22)11-7-16(21)19(9-11)13-3-4-14-15(8-13)24-6-5-23-14/h2-4,8,11-12,20H,1,5-7,9-10H2,(H,18,22)/t11-,12-/m1/s1. The van der Waals surface area contributed by atoms with Gasteiger partial charge in [-0.1, -0.05) is 6.08 Å². The highest BCUT2D eigenvalue weighted by Crippen LogP contribution is 2.35. The van der Waals surface area contributed by atoms with Crippen LogP contribution in [0.3, 0.4) is 0 Å². The van der Waals surface area contributed by atoms with Crippen LogP contribution in [0.25, 0.3) is 0 Å². The molecule has 24 heavy (non-hydrogen) atoms. The van der Waals surface area contributed by atoms with Crippen molar-refractivity contribution in [3.63, 3.8) is 0 Å². The molecule has 2 N–H and O–H groups in total. The molecule has 0 saturated carbocycles. The largest absolute Gasteiger partial charge is 0.486 e. The lowest BCUT2D eigenvalue weighted by Crippen LogP contribution is -2.40. The summed E-state index contributed by atoms with van der Waals surface area (Å²) in [4.78, 5) is 26.1. The Bertz CT molecular complexity index is 660. The van der Waals surface area contributed by atoms with E-state index in [0.717, 1.165) is 0 Å². The highest BCUT2D eigenvalue weighted by atomic mass is 16.6. The molecule has 2 heterocycles. The third-order valence-corrected chi connectivity index (χ3v) is 4.14. The van der Waals surface area contributed by atoms with E-state index in [2.05, 4.69) is 11.9 Å². The summed E-state index contributed by atoms with van der Waals surface area (Å²) in [6, 6.07) is 4.80. The molecular formula is C17H20N2O5. The minimum absolute atomic E-state index is 0.119. The van der Waals surface area contributed by atoms with Gasteiger partial charge in [0.15, 0.2) is 11.5 Å². The van der Waals surface area contributed by atoms with E-state index in [0.29, 0.717) is 36.9 Å². The maximum absolute atomic E-state index is 12.3. The van der Waals surface area contributed by atoms with Crippen LogP contribution in [-0.2, 0) is 9.59 Å². The Hall–Kier alpha value is -2.54. The van der Waals surface area contributed by atoms with Crippen LogP contribution in [0.15, 0.2) is 30.9 Å². The number of ether oxygens (including phenoxy) is 2. The monoisotopic (exact) mass is 332 g/mol. The zero-order chi connectivity index (χ0) is 17.1. The maximum Gasteiger partial charge on any atom is 0.227 e. The summed E-state index contributed by atoms with van der Waals surface area (Å²) in [5, 5.41) is 11.8. The number of amides is 2. The van der Waals surface area contributed by atoms with E-state index in [-0.39, 0.29) is 24.8 Å². The molecule has 128 valence electrons. The lowest BCUT2D eigenvalue weighted by atomic mass is 10.1. The molecule has 0 spiro atoms. The summed E-state index contributed by atoms with van der Waals surface area (Å²) in [7, 11) is 0. The summed E-state index contributed by atoms with van der Waals surface area (Å²) in [6.45, 7) is 4.60. The average molecular weight is 332 g/mol. The van der Waals surface area contributed by atoms with Crippen LogP contribution in [0.5, 0.6) is 11.5 Å². The van der Waals surface area contributed by atoms with Gasteiger partial charge in [0.2, 0.25) is 11.8 Å². The van der Waals surface area contributed by atoms with E-state index < -0.39 is 12.0 Å².